The van der Waals surface area contributed by atoms with Crippen molar-refractivity contribution in [1.82, 2.24) is 9.97 Å². The minimum Gasteiger partial charge on any atom is -0.496 e. The number of nitrogens with zero attached hydrogens (tertiary/aromatic N) is 2. The highest BCUT2D eigenvalue weighted by atomic mass is 19.1. The van der Waals surface area contributed by atoms with E-state index in [0.717, 1.165) is 23.4 Å². The average Bonchev–Trinajstić information content (AvgIpc) is 2.69. The molecule has 0 spiro atoms. The first-order valence-corrected chi connectivity index (χ1v) is 8.01. The van der Waals surface area contributed by atoms with Crippen LogP contribution in [0.15, 0.2) is 54.9 Å². The van der Waals surface area contributed by atoms with Gasteiger partial charge in [-0.3, -0.25) is 4.79 Å². The molecule has 0 radical (unpaired) electrons. The van der Waals surface area contributed by atoms with Gasteiger partial charge in [-0.15, -0.1) is 0 Å². The fourth-order valence-electron chi connectivity index (χ4n) is 2.39. The molecule has 0 saturated carbocycles. The number of rotatable bonds is 6. The van der Waals surface area contributed by atoms with Crippen molar-refractivity contribution < 1.29 is 18.3 Å². The summed E-state index contributed by atoms with van der Waals surface area (Å²) in [7, 11) is 1.58. The molecule has 3 rings (SSSR count). The first-order chi connectivity index (χ1) is 13.1. The van der Waals surface area contributed by atoms with Crippen LogP contribution in [0.25, 0.3) is 0 Å². The van der Waals surface area contributed by atoms with E-state index in [2.05, 4.69) is 20.6 Å². The Bertz CT molecular complexity index is 966. The third-order valence-corrected chi connectivity index (χ3v) is 3.73. The van der Waals surface area contributed by atoms with Crippen LogP contribution in [0, 0.1) is 11.6 Å². The Morgan fingerprint density at radius 3 is 2.70 bits per heavy atom. The van der Waals surface area contributed by atoms with Crippen molar-refractivity contribution in [3.63, 3.8) is 0 Å². The van der Waals surface area contributed by atoms with E-state index in [1.54, 1.807) is 7.11 Å². The molecule has 8 heteroatoms. The van der Waals surface area contributed by atoms with Gasteiger partial charge in [-0.1, -0.05) is 18.2 Å². The third kappa shape index (κ3) is 4.55. The van der Waals surface area contributed by atoms with Gasteiger partial charge in [0.05, 0.1) is 12.8 Å². The molecule has 0 aliphatic heterocycles. The van der Waals surface area contributed by atoms with Crippen LogP contribution in [0.5, 0.6) is 5.75 Å². The molecule has 138 valence electrons. The highest BCUT2D eigenvalue weighted by molar-refractivity contribution is 6.03. The number of nitrogens with one attached hydrogen (secondary N) is 2. The van der Waals surface area contributed by atoms with Gasteiger partial charge in [0, 0.05) is 24.2 Å². The van der Waals surface area contributed by atoms with Gasteiger partial charge in [-0.25, -0.2) is 18.7 Å². The number of carbonyl (C=O) groups excluding carboxylic acids is 1. The molecule has 0 fully saturated rings. The highest BCUT2D eigenvalue weighted by Crippen LogP contribution is 2.19. The first-order valence-electron chi connectivity index (χ1n) is 8.01. The fourth-order valence-corrected chi connectivity index (χ4v) is 2.39. The van der Waals surface area contributed by atoms with Crippen LogP contribution in [-0.4, -0.2) is 23.0 Å². The Hall–Kier alpha value is -3.55. The van der Waals surface area contributed by atoms with Crippen LogP contribution < -0.4 is 15.4 Å². The second-order valence-electron chi connectivity index (χ2n) is 5.53. The lowest BCUT2D eigenvalue weighted by molar-refractivity contribution is 0.102. The topological polar surface area (TPSA) is 76.1 Å². The predicted molar refractivity (Wildman–Crippen MR) is 96.7 cm³/mol. The monoisotopic (exact) mass is 370 g/mol. The summed E-state index contributed by atoms with van der Waals surface area (Å²) in [5.41, 5.74) is 0.817. The molecule has 2 N–H and O–H groups in total. The molecule has 0 aliphatic carbocycles. The molecular formula is C19H16F2N4O2. The van der Waals surface area contributed by atoms with E-state index >= 15 is 0 Å². The van der Waals surface area contributed by atoms with Crippen LogP contribution in [0.4, 0.5) is 20.3 Å². The van der Waals surface area contributed by atoms with Crippen LogP contribution in [0.1, 0.15) is 16.1 Å². The highest BCUT2D eigenvalue weighted by Gasteiger charge is 2.12. The third-order valence-electron chi connectivity index (χ3n) is 3.73. The van der Waals surface area contributed by atoms with E-state index in [0.29, 0.717) is 18.4 Å². The number of amides is 1. The number of anilines is 2. The Kier molecular flexibility index (Phi) is 5.55. The summed E-state index contributed by atoms with van der Waals surface area (Å²) in [5.74, 6) is -1.09. The molecule has 6 nitrogen and oxygen atoms in total. The molecule has 1 aromatic heterocycles. The van der Waals surface area contributed by atoms with Gasteiger partial charge in [0.15, 0.2) is 0 Å². The zero-order chi connectivity index (χ0) is 19.2. The largest absolute Gasteiger partial charge is 0.496 e. The van der Waals surface area contributed by atoms with Crippen molar-refractivity contribution in [1.29, 1.82) is 0 Å². The van der Waals surface area contributed by atoms with Crippen LogP contribution in [0.3, 0.4) is 0 Å². The molecule has 3 aromatic rings. The number of hydrogen-bond acceptors (Lipinski definition) is 5. The van der Waals surface area contributed by atoms with Crippen molar-refractivity contribution in [2.45, 2.75) is 6.54 Å². The van der Waals surface area contributed by atoms with E-state index in [-0.39, 0.29) is 11.4 Å². The normalized spacial score (nSPS) is 10.3. The van der Waals surface area contributed by atoms with Gasteiger partial charge in [0.25, 0.3) is 5.91 Å². The summed E-state index contributed by atoms with van der Waals surface area (Å²) in [6, 6.07) is 11.8. The van der Waals surface area contributed by atoms with E-state index in [4.69, 9.17) is 4.74 Å². The lowest BCUT2D eigenvalue weighted by Gasteiger charge is -2.10. The number of aromatic nitrogens is 2. The van der Waals surface area contributed by atoms with Gasteiger partial charge in [0.1, 0.15) is 35.2 Å². The van der Waals surface area contributed by atoms with Crippen LogP contribution >= 0.6 is 0 Å². The number of methoxy groups -OCH3 is 1. The van der Waals surface area contributed by atoms with Crippen molar-refractivity contribution in [2.75, 3.05) is 17.7 Å². The number of halogens is 2. The molecule has 27 heavy (non-hydrogen) atoms. The molecule has 1 amide bonds. The molecule has 0 atom stereocenters. The Morgan fingerprint density at radius 1 is 1.11 bits per heavy atom. The zero-order valence-electron chi connectivity index (χ0n) is 14.4. The number of benzene rings is 2. The van der Waals surface area contributed by atoms with Crippen molar-refractivity contribution in [3.05, 3.63) is 77.8 Å². The predicted octanol–water partition coefficient (Wildman–Crippen LogP) is 3.63. The SMILES string of the molecule is COc1ccccc1CNc1cc(C(=O)Nc2ccc(F)cc2F)ncn1. The summed E-state index contributed by atoms with van der Waals surface area (Å²) in [4.78, 5) is 20.2. The molecule has 0 bridgehead atoms. The smallest absolute Gasteiger partial charge is 0.274 e. The van der Waals surface area contributed by atoms with Crippen LogP contribution in [0.2, 0.25) is 0 Å². The van der Waals surface area contributed by atoms with Crippen molar-refractivity contribution in [3.8, 4) is 5.75 Å². The Morgan fingerprint density at radius 2 is 1.93 bits per heavy atom. The summed E-state index contributed by atoms with van der Waals surface area (Å²) >= 11 is 0. The fraction of sp³-hybridized carbons (Fsp3) is 0.105. The Labute approximate surface area is 154 Å². The van der Waals surface area contributed by atoms with Crippen LogP contribution in [-0.2, 0) is 6.54 Å². The minimum atomic E-state index is -0.869. The second kappa shape index (κ2) is 8.22. The molecule has 2 aromatic carbocycles. The zero-order valence-corrected chi connectivity index (χ0v) is 14.4. The quantitative estimate of drug-likeness (QED) is 0.693. The molecule has 0 aliphatic rings. The minimum absolute atomic E-state index is 0.0382. The maximum absolute atomic E-state index is 13.7. The number of hydrogen-bond donors (Lipinski definition) is 2. The van der Waals surface area contributed by atoms with Gasteiger partial charge in [-0.05, 0) is 18.2 Å². The van der Waals surface area contributed by atoms with E-state index in [1.165, 1.54) is 12.4 Å². The number of para-hydroxylation sites is 1. The summed E-state index contributed by atoms with van der Waals surface area (Å²) in [6.07, 6.45) is 1.22. The van der Waals surface area contributed by atoms with E-state index in [9.17, 15) is 13.6 Å². The van der Waals surface area contributed by atoms with Gasteiger partial charge in [-0.2, -0.15) is 0 Å². The maximum atomic E-state index is 13.7. The Balaban J connectivity index is 1.70. The summed E-state index contributed by atoms with van der Waals surface area (Å²) in [5, 5.41) is 5.43. The van der Waals surface area contributed by atoms with Crippen molar-refractivity contribution in [2.24, 2.45) is 0 Å². The standard InChI is InChI=1S/C19H16F2N4O2/c1-27-17-5-3-2-4-12(17)10-22-18-9-16(23-11-24-18)19(26)25-15-7-6-13(20)8-14(15)21/h2-9,11H,10H2,1H3,(H,25,26)(H,22,23,24). The van der Waals surface area contributed by atoms with Gasteiger partial charge < -0.3 is 15.4 Å². The van der Waals surface area contributed by atoms with E-state index < -0.39 is 17.5 Å². The van der Waals surface area contributed by atoms with Gasteiger partial charge >= 0.3 is 0 Å². The number of carbonyl (C=O) groups is 1. The molecule has 0 unspecified atom stereocenters. The maximum Gasteiger partial charge on any atom is 0.274 e. The lowest BCUT2D eigenvalue weighted by Crippen LogP contribution is -2.15. The average molecular weight is 370 g/mol. The number of ether oxygens (including phenoxy) is 1. The molecule has 0 saturated heterocycles. The van der Waals surface area contributed by atoms with Crippen molar-refractivity contribution >= 4 is 17.4 Å². The summed E-state index contributed by atoms with van der Waals surface area (Å²) < 4.78 is 31.9. The van der Waals surface area contributed by atoms with Gasteiger partial charge in [0.2, 0.25) is 0 Å². The molecular weight excluding hydrogens is 354 g/mol. The second-order valence-corrected chi connectivity index (χ2v) is 5.53. The summed E-state index contributed by atoms with van der Waals surface area (Å²) in [6.45, 7) is 0.425. The first kappa shape index (κ1) is 18.2. The van der Waals surface area contributed by atoms with E-state index in [1.807, 2.05) is 24.3 Å². The lowest BCUT2D eigenvalue weighted by atomic mass is 10.2. The molecule has 1 heterocycles.